The highest BCUT2D eigenvalue weighted by Crippen LogP contribution is 2.17. The second kappa shape index (κ2) is 9.55. The van der Waals surface area contributed by atoms with Gasteiger partial charge in [-0.2, -0.15) is 0 Å². The molecule has 130 valence electrons. The minimum Gasteiger partial charge on any atom is -0.452 e. The molecule has 0 spiro atoms. The van der Waals surface area contributed by atoms with Crippen LogP contribution in [0.4, 0.5) is 10.5 Å². The van der Waals surface area contributed by atoms with Crippen molar-refractivity contribution >= 4 is 17.7 Å². The molecule has 0 aliphatic carbocycles. The predicted octanol–water partition coefficient (Wildman–Crippen LogP) is 4.05. The summed E-state index contributed by atoms with van der Waals surface area (Å²) >= 11 is 0. The van der Waals surface area contributed by atoms with E-state index in [2.05, 4.69) is 19.9 Å². The number of rotatable bonds is 7. The number of amides is 2. The van der Waals surface area contributed by atoms with Crippen LogP contribution in [0.1, 0.15) is 44.0 Å². The lowest BCUT2D eigenvalue weighted by molar-refractivity contribution is 0.100. The standard InChI is InChI=1S/C19H26N2O3/c1-14(2)6-5-7-15(3)12-13-21(19(23)24-4)17-10-8-16(9-11-17)18(20)22/h6,8-12H,5,7,13H2,1-4H3,(H2,20,22)/b15-12+. The molecule has 0 radical (unpaired) electrons. The minimum atomic E-state index is -0.499. The summed E-state index contributed by atoms with van der Waals surface area (Å²) < 4.78 is 4.85. The first-order valence-corrected chi connectivity index (χ1v) is 7.89. The Hall–Kier alpha value is -2.56. The molecular formula is C19H26N2O3. The van der Waals surface area contributed by atoms with Crippen molar-refractivity contribution in [2.75, 3.05) is 18.6 Å². The van der Waals surface area contributed by atoms with Crippen molar-refractivity contribution in [3.63, 3.8) is 0 Å². The third-order valence-electron chi connectivity index (χ3n) is 3.57. The van der Waals surface area contributed by atoms with Gasteiger partial charge in [-0.3, -0.25) is 9.69 Å². The van der Waals surface area contributed by atoms with E-state index in [4.69, 9.17) is 10.5 Å². The van der Waals surface area contributed by atoms with Crippen molar-refractivity contribution in [2.24, 2.45) is 5.73 Å². The fourth-order valence-corrected chi connectivity index (χ4v) is 2.14. The molecule has 0 aromatic heterocycles. The number of carbonyl (C=O) groups is 2. The van der Waals surface area contributed by atoms with Gasteiger partial charge >= 0.3 is 6.09 Å². The largest absolute Gasteiger partial charge is 0.452 e. The third-order valence-corrected chi connectivity index (χ3v) is 3.57. The van der Waals surface area contributed by atoms with E-state index < -0.39 is 12.0 Å². The number of allylic oxidation sites excluding steroid dienone is 3. The first-order valence-electron chi connectivity index (χ1n) is 7.89. The fourth-order valence-electron chi connectivity index (χ4n) is 2.14. The number of ether oxygens (including phenoxy) is 1. The van der Waals surface area contributed by atoms with E-state index >= 15 is 0 Å². The Morgan fingerprint density at radius 1 is 1.12 bits per heavy atom. The van der Waals surface area contributed by atoms with Gasteiger partial charge in [-0.1, -0.05) is 23.3 Å². The van der Waals surface area contributed by atoms with Gasteiger partial charge in [0.2, 0.25) is 5.91 Å². The number of hydrogen-bond donors (Lipinski definition) is 1. The molecule has 0 unspecified atom stereocenters. The van der Waals surface area contributed by atoms with Crippen LogP contribution in [0.2, 0.25) is 0 Å². The van der Waals surface area contributed by atoms with Gasteiger partial charge in [0.25, 0.3) is 0 Å². The van der Waals surface area contributed by atoms with Gasteiger partial charge in [0.1, 0.15) is 0 Å². The minimum absolute atomic E-state index is 0.400. The molecule has 0 bridgehead atoms. The molecule has 0 heterocycles. The Morgan fingerprint density at radius 3 is 2.25 bits per heavy atom. The number of primary amides is 1. The van der Waals surface area contributed by atoms with Crippen LogP contribution in [-0.2, 0) is 4.74 Å². The molecule has 2 amide bonds. The van der Waals surface area contributed by atoms with E-state index in [0.29, 0.717) is 17.8 Å². The molecule has 5 nitrogen and oxygen atoms in total. The quantitative estimate of drug-likeness (QED) is 0.767. The number of methoxy groups -OCH3 is 1. The van der Waals surface area contributed by atoms with Gasteiger partial charge in [-0.25, -0.2) is 4.79 Å². The Morgan fingerprint density at radius 2 is 1.75 bits per heavy atom. The van der Waals surface area contributed by atoms with Crippen molar-refractivity contribution in [1.82, 2.24) is 0 Å². The monoisotopic (exact) mass is 330 g/mol. The Bertz CT molecular complexity index is 627. The Kier molecular flexibility index (Phi) is 7.75. The molecule has 0 aliphatic rings. The van der Waals surface area contributed by atoms with Gasteiger partial charge in [-0.15, -0.1) is 0 Å². The van der Waals surface area contributed by atoms with E-state index in [-0.39, 0.29) is 0 Å². The molecule has 0 aliphatic heterocycles. The molecule has 2 N–H and O–H groups in total. The molecule has 1 aromatic rings. The van der Waals surface area contributed by atoms with Gasteiger partial charge in [-0.05, 0) is 57.9 Å². The zero-order chi connectivity index (χ0) is 18.1. The predicted molar refractivity (Wildman–Crippen MR) is 97.1 cm³/mol. The van der Waals surface area contributed by atoms with Gasteiger partial charge in [0.05, 0.1) is 7.11 Å². The second-order valence-corrected chi connectivity index (χ2v) is 5.86. The average Bonchev–Trinajstić information content (AvgIpc) is 2.54. The van der Waals surface area contributed by atoms with E-state index in [1.54, 1.807) is 24.3 Å². The highest BCUT2D eigenvalue weighted by Gasteiger charge is 2.15. The fraction of sp³-hybridized carbons (Fsp3) is 0.368. The summed E-state index contributed by atoms with van der Waals surface area (Å²) in [5.74, 6) is -0.499. The summed E-state index contributed by atoms with van der Waals surface area (Å²) in [4.78, 5) is 24.7. The van der Waals surface area contributed by atoms with Crippen LogP contribution in [-0.4, -0.2) is 25.7 Å². The van der Waals surface area contributed by atoms with Crippen molar-refractivity contribution in [3.05, 3.63) is 53.1 Å². The summed E-state index contributed by atoms with van der Waals surface area (Å²) in [5, 5.41) is 0. The molecule has 24 heavy (non-hydrogen) atoms. The first kappa shape index (κ1) is 19.5. The summed E-state index contributed by atoms with van der Waals surface area (Å²) in [7, 11) is 1.35. The van der Waals surface area contributed by atoms with Crippen LogP contribution < -0.4 is 10.6 Å². The number of benzene rings is 1. The molecule has 0 fully saturated rings. The van der Waals surface area contributed by atoms with Crippen LogP contribution in [0.25, 0.3) is 0 Å². The zero-order valence-corrected chi connectivity index (χ0v) is 14.8. The molecule has 1 aromatic carbocycles. The normalized spacial score (nSPS) is 10.9. The molecular weight excluding hydrogens is 304 g/mol. The second-order valence-electron chi connectivity index (χ2n) is 5.86. The summed E-state index contributed by atoms with van der Waals surface area (Å²) in [6.07, 6.45) is 5.68. The average molecular weight is 330 g/mol. The lowest BCUT2D eigenvalue weighted by atomic mass is 10.1. The third kappa shape index (κ3) is 6.28. The van der Waals surface area contributed by atoms with Crippen molar-refractivity contribution in [2.45, 2.75) is 33.6 Å². The number of carbonyl (C=O) groups excluding carboxylic acids is 2. The molecule has 0 saturated carbocycles. The molecule has 0 atom stereocenters. The van der Waals surface area contributed by atoms with Gasteiger partial charge in [0.15, 0.2) is 0 Å². The van der Waals surface area contributed by atoms with Crippen LogP contribution in [0.15, 0.2) is 47.6 Å². The maximum absolute atomic E-state index is 12.0. The molecule has 5 heteroatoms. The lowest BCUT2D eigenvalue weighted by Gasteiger charge is -2.20. The Labute approximate surface area is 143 Å². The topological polar surface area (TPSA) is 72.6 Å². The van der Waals surface area contributed by atoms with Crippen molar-refractivity contribution < 1.29 is 14.3 Å². The van der Waals surface area contributed by atoms with E-state index in [0.717, 1.165) is 12.8 Å². The summed E-state index contributed by atoms with van der Waals surface area (Å²) in [6.45, 7) is 6.61. The van der Waals surface area contributed by atoms with Crippen LogP contribution >= 0.6 is 0 Å². The highest BCUT2D eigenvalue weighted by molar-refractivity contribution is 5.94. The van der Waals surface area contributed by atoms with E-state index in [9.17, 15) is 9.59 Å². The molecule has 1 rings (SSSR count). The van der Waals surface area contributed by atoms with Crippen LogP contribution in [0.5, 0.6) is 0 Å². The molecule has 0 saturated heterocycles. The van der Waals surface area contributed by atoms with Gasteiger partial charge < -0.3 is 10.5 Å². The maximum atomic E-state index is 12.0. The van der Waals surface area contributed by atoms with Crippen LogP contribution in [0.3, 0.4) is 0 Å². The summed E-state index contributed by atoms with van der Waals surface area (Å²) in [6, 6.07) is 6.56. The SMILES string of the molecule is COC(=O)N(C/C=C(\C)CCC=C(C)C)c1ccc(C(N)=O)cc1. The van der Waals surface area contributed by atoms with Crippen molar-refractivity contribution in [3.8, 4) is 0 Å². The van der Waals surface area contributed by atoms with Crippen molar-refractivity contribution in [1.29, 1.82) is 0 Å². The van der Waals surface area contributed by atoms with E-state index in [1.807, 2.05) is 13.0 Å². The summed E-state index contributed by atoms with van der Waals surface area (Å²) in [5.41, 5.74) is 8.79. The number of nitrogens with zero attached hydrogens (tertiary/aromatic N) is 1. The first-order chi connectivity index (χ1) is 11.3. The number of anilines is 1. The maximum Gasteiger partial charge on any atom is 0.414 e. The van der Waals surface area contributed by atoms with Gasteiger partial charge in [0, 0.05) is 17.8 Å². The number of nitrogens with two attached hydrogens (primary N) is 1. The smallest absolute Gasteiger partial charge is 0.414 e. The Balaban J connectivity index is 2.84. The zero-order valence-electron chi connectivity index (χ0n) is 14.8. The highest BCUT2D eigenvalue weighted by atomic mass is 16.5. The number of hydrogen-bond acceptors (Lipinski definition) is 3. The van der Waals surface area contributed by atoms with E-state index in [1.165, 1.54) is 23.2 Å². The lowest BCUT2D eigenvalue weighted by Crippen LogP contribution is -2.31. The van der Waals surface area contributed by atoms with Crippen LogP contribution in [0, 0.1) is 0 Å².